The molecule has 0 saturated heterocycles. The highest BCUT2D eigenvalue weighted by Gasteiger charge is 2.10. The van der Waals surface area contributed by atoms with Gasteiger partial charge < -0.3 is 0 Å². The Kier molecular flexibility index (Phi) is 19.1. The first kappa shape index (κ1) is 53.8. The number of rotatable bonds is 6. The van der Waals surface area contributed by atoms with Gasteiger partial charge in [-0.1, -0.05) is 107 Å². The number of pyridine rings is 3. The van der Waals surface area contributed by atoms with Gasteiger partial charge in [0, 0.05) is 66.8 Å². The van der Waals surface area contributed by atoms with E-state index in [1.165, 1.54) is 48.5 Å². The molecule has 72 heavy (non-hydrogen) atoms. The number of thiazole rings is 5. The molecule has 0 bridgehead atoms. The van der Waals surface area contributed by atoms with Gasteiger partial charge in [-0.05, 0) is 60.5 Å². The summed E-state index contributed by atoms with van der Waals surface area (Å²) in [5.74, 6) is 3.10. The molecule has 0 aliphatic carbocycles. The van der Waals surface area contributed by atoms with Crippen LogP contribution in [0.25, 0.3) is 56.9 Å². The molecule has 10 aromatic heterocycles. The smallest absolute Gasteiger partial charge is 0.170 e. The third-order valence-corrected chi connectivity index (χ3v) is 17.2. The molecule has 16 heteroatoms. The van der Waals surface area contributed by atoms with Gasteiger partial charge in [0.25, 0.3) is 0 Å². The summed E-state index contributed by atoms with van der Waals surface area (Å²) in [7, 11) is 0. The van der Waals surface area contributed by atoms with Crippen molar-refractivity contribution in [3.8, 4) is 0 Å². The van der Waals surface area contributed by atoms with E-state index in [9.17, 15) is 0 Å². The van der Waals surface area contributed by atoms with Crippen LogP contribution in [0.3, 0.4) is 0 Å². The van der Waals surface area contributed by atoms with Crippen LogP contribution in [0.4, 0.5) is 0 Å². The summed E-state index contributed by atoms with van der Waals surface area (Å²) >= 11 is 8.81. The highest BCUT2D eigenvalue weighted by Crippen LogP contribution is 2.30. The van der Waals surface area contributed by atoms with Gasteiger partial charge in [0.05, 0.1) is 82.5 Å². The second kappa shape index (κ2) is 25.6. The van der Waals surface area contributed by atoms with E-state index in [0.717, 1.165) is 39.1 Å². The van der Waals surface area contributed by atoms with Crippen molar-refractivity contribution in [3.63, 3.8) is 0 Å². The fraction of sp³-hybridized carbons (Fsp3) is 0.321. The minimum atomic E-state index is 0.477. The van der Waals surface area contributed by atoms with Crippen LogP contribution in [-0.2, 0) is 0 Å². The molecule has 0 aliphatic rings. The van der Waals surface area contributed by atoms with E-state index >= 15 is 0 Å². The molecule has 0 spiro atoms. The Balaban J connectivity index is 0.000000127. The first-order valence-electron chi connectivity index (χ1n) is 24.2. The van der Waals surface area contributed by atoms with Gasteiger partial charge in [-0.15, -0.1) is 56.7 Å². The molecule has 2 aromatic carbocycles. The van der Waals surface area contributed by atoms with Gasteiger partial charge in [0.2, 0.25) is 0 Å². The van der Waals surface area contributed by atoms with Crippen LogP contribution < -0.4 is 0 Å². The SMILES string of the molecule is CC(C)c1cn2cnccc2n1.CC(C)c1nc2ccccc2s1.CC(C)c1nc2ccccc2s1.CC(C)c1nc2ccncc2s1.CC(C)c1nc2cnccc2s1.CC(C)c1nc2ncccc2s1. The minimum absolute atomic E-state index is 0.477. The van der Waals surface area contributed by atoms with Gasteiger partial charge in [0.1, 0.15) is 12.0 Å². The summed E-state index contributed by atoms with van der Waals surface area (Å²) < 4.78 is 8.12. The van der Waals surface area contributed by atoms with Gasteiger partial charge in [-0.25, -0.2) is 39.9 Å². The third kappa shape index (κ3) is 14.6. The zero-order valence-electron chi connectivity index (χ0n) is 43.0. The Morgan fingerprint density at radius 3 is 1.31 bits per heavy atom. The van der Waals surface area contributed by atoms with E-state index in [0.29, 0.717) is 35.5 Å². The summed E-state index contributed by atoms with van der Waals surface area (Å²) in [6.45, 7) is 25.9. The lowest BCUT2D eigenvalue weighted by atomic mass is 10.2. The van der Waals surface area contributed by atoms with Crippen LogP contribution >= 0.6 is 56.7 Å². The van der Waals surface area contributed by atoms with Crippen molar-refractivity contribution in [2.45, 2.75) is 119 Å². The maximum atomic E-state index is 4.53. The summed E-state index contributed by atoms with van der Waals surface area (Å²) in [5, 5.41) is 6.02. The maximum absolute atomic E-state index is 4.53. The largest absolute Gasteiger partial charge is 0.290 e. The summed E-state index contributed by atoms with van der Waals surface area (Å²) in [4.78, 5) is 43.2. The number of nitrogens with zero attached hydrogens (tertiary/aromatic N) is 11. The van der Waals surface area contributed by atoms with Crippen molar-refractivity contribution in [1.82, 2.24) is 54.2 Å². The molecule has 0 N–H and O–H groups in total. The number of aromatic nitrogens is 11. The second-order valence-corrected chi connectivity index (χ2v) is 24.0. The van der Waals surface area contributed by atoms with Crippen molar-refractivity contribution >= 4 is 114 Å². The van der Waals surface area contributed by atoms with Crippen molar-refractivity contribution in [3.05, 3.63) is 159 Å². The molecule has 0 radical (unpaired) electrons. The Bertz CT molecular complexity index is 2750. The van der Waals surface area contributed by atoms with Gasteiger partial charge in [-0.2, -0.15) is 0 Å². The summed E-state index contributed by atoms with van der Waals surface area (Å²) in [6.07, 6.45) is 14.6. The minimum Gasteiger partial charge on any atom is -0.290 e. The lowest BCUT2D eigenvalue weighted by Crippen LogP contribution is -1.84. The number of benzene rings is 2. The molecule has 0 amide bonds. The highest BCUT2D eigenvalue weighted by atomic mass is 32.1. The van der Waals surface area contributed by atoms with Crippen LogP contribution in [0, 0.1) is 0 Å². The van der Waals surface area contributed by atoms with Crippen molar-refractivity contribution in [2.75, 3.05) is 0 Å². The predicted molar refractivity (Wildman–Crippen MR) is 309 cm³/mol. The van der Waals surface area contributed by atoms with Crippen LogP contribution in [0.2, 0.25) is 0 Å². The second-order valence-electron chi connectivity index (χ2n) is 18.6. The fourth-order valence-electron chi connectivity index (χ4n) is 6.54. The number of para-hydroxylation sites is 2. The van der Waals surface area contributed by atoms with Crippen molar-refractivity contribution in [2.24, 2.45) is 0 Å². The average molecular weight is 1050 g/mol. The zero-order chi connectivity index (χ0) is 51.3. The van der Waals surface area contributed by atoms with E-state index in [1.54, 1.807) is 81.6 Å². The molecule has 0 saturated carbocycles. The Morgan fingerprint density at radius 2 is 0.806 bits per heavy atom. The maximum Gasteiger partial charge on any atom is 0.170 e. The molecule has 0 unspecified atom stereocenters. The normalized spacial score (nSPS) is 11.2. The lowest BCUT2D eigenvalue weighted by molar-refractivity contribution is 0.834. The third-order valence-electron chi connectivity index (χ3n) is 10.6. The van der Waals surface area contributed by atoms with E-state index in [-0.39, 0.29) is 0 Å². The molecule has 12 aromatic rings. The molecule has 372 valence electrons. The molecular weight excluding hydrogens is 987 g/mol. The average Bonchev–Trinajstić information content (AvgIpc) is 4.24. The molecule has 0 aliphatic heterocycles. The fourth-order valence-corrected chi connectivity index (χ4v) is 11.3. The molecular formula is C56H63N11S5. The monoisotopic (exact) mass is 1050 g/mol. The van der Waals surface area contributed by atoms with Gasteiger partial charge in [-0.3, -0.25) is 14.4 Å². The van der Waals surface area contributed by atoms with E-state index in [1.807, 2.05) is 65.6 Å². The first-order valence-corrected chi connectivity index (χ1v) is 28.3. The number of fused-ring (bicyclic) bond motifs is 6. The van der Waals surface area contributed by atoms with Crippen molar-refractivity contribution < 1.29 is 0 Å². The van der Waals surface area contributed by atoms with E-state index < -0.39 is 0 Å². The Labute approximate surface area is 442 Å². The standard InChI is InChI=1S/2C10H11NS.C9H11N3.3C9H10N2S/c2*1-7(2)10-11-8-5-3-4-6-9(8)12-10;1-7(2)8-5-12-6-10-4-3-9(12)11-8;1-6(2)9-11-7-5-10-4-3-8(7)12-9;1-6(2)9-11-7-3-4-10-5-8(7)12-9;1-6(2)9-11-8-7(12-9)4-3-5-10-8/h3*3-7H,1-2H3;3*3-6H,1-2H3. The highest BCUT2D eigenvalue weighted by molar-refractivity contribution is 7.20. The van der Waals surface area contributed by atoms with E-state index in [4.69, 9.17) is 0 Å². The quantitative estimate of drug-likeness (QED) is 0.158. The van der Waals surface area contributed by atoms with Crippen LogP contribution in [0.15, 0.2) is 129 Å². The molecule has 11 nitrogen and oxygen atoms in total. The Hall–Kier alpha value is -6.04. The van der Waals surface area contributed by atoms with Gasteiger partial charge >= 0.3 is 0 Å². The summed E-state index contributed by atoms with van der Waals surface area (Å²) in [5.41, 5.74) is 7.31. The number of hydrogen-bond donors (Lipinski definition) is 0. The number of hydrogen-bond acceptors (Lipinski definition) is 15. The predicted octanol–water partition coefficient (Wildman–Crippen LogP) is 17.1. The van der Waals surface area contributed by atoms with E-state index in [2.05, 4.69) is 175 Å². The lowest BCUT2D eigenvalue weighted by Gasteiger charge is -1.94. The van der Waals surface area contributed by atoms with Crippen LogP contribution in [0.1, 0.15) is 149 Å². The zero-order valence-corrected chi connectivity index (χ0v) is 47.1. The molecule has 0 fully saturated rings. The Morgan fingerprint density at radius 1 is 0.361 bits per heavy atom. The number of imidazole rings is 1. The first-order chi connectivity index (χ1) is 34.6. The molecule has 0 atom stereocenters. The van der Waals surface area contributed by atoms with Crippen LogP contribution in [0.5, 0.6) is 0 Å². The topological polar surface area (TPSA) is 133 Å². The van der Waals surface area contributed by atoms with Gasteiger partial charge in [0.15, 0.2) is 5.65 Å². The molecule has 12 rings (SSSR count). The van der Waals surface area contributed by atoms with Crippen molar-refractivity contribution in [1.29, 1.82) is 0 Å². The summed E-state index contributed by atoms with van der Waals surface area (Å²) in [6, 6.07) is 26.5. The van der Waals surface area contributed by atoms with Crippen LogP contribution in [-0.4, -0.2) is 54.2 Å². The molecule has 10 heterocycles.